The molecule has 0 radical (unpaired) electrons. The number of para-hydroxylation sites is 1. The van der Waals surface area contributed by atoms with Crippen molar-refractivity contribution in [3.63, 3.8) is 0 Å². The van der Waals surface area contributed by atoms with Crippen LogP contribution in [-0.2, 0) is 14.3 Å². The van der Waals surface area contributed by atoms with Gasteiger partial charge in [-0.05, 0) is 38.1 Å². The van der Waals surface area contributed by atoms with Crippen LogP contribution in [0.25, 0.3) is 6.08 Å². The van der Waals surface area contributed by atoms with Gasteiger partial charge in [-0.3, -0.25) is 4.79 Å². The first-order valence-electron chi connectivity index (χ1n) is 8.27. The van der Waals surface area contributed by atoms with Crippen LogP contribution >= 0.6 is 0 Å². The number of benzene rings is 2. The van der Waals surface area contributed by atoms with E-state index in [0.29, 0.717) is 17.9 Å². The molecule has 27 heavy (non-hydrogen) atoms. The highest BCUT2D eigenvalue weighted by Gasteiger charge is 2.18. The maximum Gasteiger partial charge on any atom is 0.331 e. The molecule has 1 N–H and O–H groups in total. The van der Waals surface area contributed by atoms with Crippen LogP contribution in [0, 0.1) is 11.6 Å². The summed E-state index contributed by atoms with van der Waals surface area (Å²) in [6.45, 7) is 3.64. The van der Waals surface area contributed by atoms with Crippen molar-refractivity contribution in [2.24, 2.45) is 0 Å². The van der Waals surface area contributed by atoms with Crippen LogP contribution in [0.1, 0.15) is 19.4 Å². The molecule has 0 aliphatic carbocycles. The van der Waals surface area contributed by atoms with Crippen molar-refractivity contribution < 1.29 is 27.8 Å². The van der Waals surface area contributed by atoms with Crippen molar-refractivity contribution in [1.29, 1.82) is 0 Å². The Labute approximate surface area is 155 Å². The Kier molecular flexibility index (Phi) is 7.05. The molecule has 0 spiro atoms. The third-order valence-electron chi connectivity index (χ3n) is 3.47. The second kappa shape index (κ2) is 9.47. The maximum atomic E-state index is 13.6. The minimum Gasteiger partial charge on any atom is -0.493 e. The lowest BCUT2D eigenvalue weighted by atomic mass is 10.2. The summed E-state index contributed by atoms with van der Waals surface area (Å²) in [5, 5.41) is 2.18. The number of rotatable bonds is 7. The third kappa shape index (κ3) is 5.91. The Bertz CT molecular complexity index is 852. The van der Waals surface area contributed by atoms with E-state index in [1.807, 2.05) is 6.92 Å². The molecular formula is C20H19F2NO4. The molecular weight excluding hydrogens is 356 g/mol. The Morgan fingerprint density at radius 1 is 1.19 bits per heavy atom. The molecule has 0 fully saturated rings. The molecule has 0 bridgehead atoms. The van der Waals surface area contributed by atoms with Crippen molar-refractivity contribution in [3.8, 4) is 5.75 Å². The Hall–Kier alpha value is -3.22. The zero-order valence-corrected chi connectivity index (χ0v) is 14.9. The van der Waals surface area contributed by atoms with Crippen LogP contribution in [0.3, 0.4) is 0 Å². The van der Waals surface area contributed by atoms with E-state index in [4.69, 9.17) is 9.47 Å². The largest absolute Gasteiger partial charge is 0.493 e. The summed E-state index contributed by atoms with van der Waals surface area (Å²) >= 11 is 0. The fourth-order valence-electron chi connectivity index (χ4n) is 2.16. The van der Waals surface area contributed by atoms with Gasteiger partial charge in [-0.15, -0.1) is 0 Å². The van der Waals surface area contributed by atoms with Gasteiger partial charge >= 0.3 is 5.97 Å². The van der Waals surface area contributed by atoms with Crippen molar-refractivity contribution in [3.05, 3.63) is 65.7 Å². The fourth-order valence-corrected chi connectivity index (χ4v) is 2.16. The SMILES string of the molecule is CCOc1ccccc1/C=C/C(=O)O[C@H](C)C(=O)Nc1cc(F)ccc1F. The average molecular weight is 375 g/mol. The van der Waals surface area contributed by atoms with Crippen LogP contribution in [0.15, 0.2) is 48.5 Å². The number of carbonyl (C=O) groups is 2. The molecule has 0 aliphatic rings. The molecule has 0 unspecified atom stereocenters. The Morgan fingerprint density at radius 2 is 1.93 bits per heavy atom. The van der Waals surface area contributed by atoms with Crippen LogP contribution in [-0.4, -0.2) is 24.6 Å². The molecule has 0 aromatic heterocycles. The number of ether oxygens (including phenoxy) is 2. The first kappa shape index (κ1) is 20.1. The standard InChI is InChI=1S/C20H19F2NO4/c1-3-26-18-7-5-4-6-14(18)8-11-19(24)27-13(2)20(25)23-17-12-15(21)9-10-16(17)22/h4-13H,3H2,1-2H3,(H,23,25)/b11-8+/t13-/m1/s1. The van der Waals surface area contributed by atoms with E-state index in [9.17, 15) is 18.4 Å². The number of esters is 1. The first-order chi connectivity index (χ1) is 12.9. The smallest absolute Gasteiger partial charge is 0.331 e. The van der Waals surface area contributed by atoms with Gasteiger partial charge in [0.15, 0.2) is 6.10 Å². The highest BCUT2D eigenvalue weighted by atomic mass is 19.1. The molecule has 1 amide bonds. The topological polar surface area (TPSA) is 64.6 Å². The number of halogens is 2. The molecule has 5 nitrogen and oxygen atoms in total. The fraction of sp³-hybridized carbons (Fsp3) is 0.200. The van der Waals surface area contributed by atoms with E-state index in [-0.39, 0.29) is 5.69 Å². The predicted octanol–water partition coefficient (Wildman–Crippen LogP) is 3.95. The lowest BCUT2D eigenvalue weighted by Crippen LogP contribution is -2.29. The van der Waals surface area contributed by atoms with Crippen molar-refractivity contribution in [2.45, 2.75) is 20.0 Å². The number of hydrogen-bond donors (Lipinski definition) is 1. The number of anilines is 1. The van der Waals surface area contributed by atoms with Crippen molar-refractivity contribution >= 4 is 23.6 Å². The highest BCUT2D eigenvalue weighted by molar-refractivity contribution is 5.96. The molecule has 0 saturated carbocycles. The first-order valence-corrected chi connectivity index (χ1v) is 8.27. The zero-order valence-electron chi connectivity index (χ0n) is 14.9. The van der Waals surface area contributed by atoms with Gasteiger partial charge < -0.3 is 14.8 Å². The second-order valence-electron chi connectivity index (χ2n) is 5.50. The molecule has 2 aromatic rings. The Balaban J connectivity index is 1.96. The normalized spacial score (nSPS) is 11.9. The molecule has 0 aliphatic heterocycles. The van der Waals surface area contributed by atoms with Crippen molar-refractivity contribution in [2.75, 3.05) is 11.9 Å². The van der Waals surface area contributed by atoms with E-state index in [1.54, 1.807) is 24.3 Å². The number of nitrogens with one attached hydrogen (secondary N) is 1. The predicted molar refractivity (Wildman–Crippen MR) is 97.2 cm³/mol. The average Bonchev–Trinajstić information content (AvgIpc) is 2.64. The summed E-state index contributed by atoms with van der Waals surface area (Å²) < 4.78 is 37.1. The van der Waals surface area contributed by atoms with E-state index in [2.05, 4.69) is 5.32 Å². The van der Waals surface area contributed by atoms with Crippen LogP contribution in [0.4, 0.5) is 14.5 Å². The third-order valence-corrected chi connectivity index (χ3v) is 3.47. The number of carbonyl (C=O) groups excluding carboxylic acids is 2. The molecule has 2 aromatic carbocycles. The quantitative estimate of drug-likeness (QED) is 0.588. The summed E-state index contributed by atoms with van der Waals surface area (Å²) in [6.07, 6.45) is 1.46. The minimum absolute atomic E-state index is 0.330. The Morgan fingerprint density at radius 3 is 2.67 bits per heavy atom. The number of hydrogen-bond acceptors (Lipinski definition) is 4. The lowest BCUT2D eigenvalue weighted by Gasteiger charge is -2.13. The van der Waals surface area contributed by atoms with Crippen LogP contribution in [0.2, 0.25) is 0 Å². The van der Waals surface area contributed by atoms with Crippen LogP contribution < -0.4 is 10.1 Å². The minimum atomic E-state index is -1.20. The molecule has 2 rings (SSSR count). The summed E-state index contributed by atoms with van der Waals surface area (Å²) in [6, 6.07) is 9.78. The molecule has 7 heteroatoms. The summed E-state index contributed by atoms with van der Waals surface area (Å²) in [4.78, 5) is 23.9. The maximum absolute atomic E-state index is 13.6. The molecule has 0 saturated heterocycles. The van der Waals surface area contributed by atoms with Gasteiger partial charge in [0.05, 0.1) is 12.3 Å². The zero-order chi connectivity index (χ0) is 19.8. The van der Waals surface area contributed by atoms with Gasteiger partial charge in [0.1, 0.15) is 17.4 Å². The van der Waals surface area contributed by atoms with Gasteiger partial charge in [-0.2, -0.15) is 0 Å². The van der Waals surface area contributed by atoms with Gasteiger partial charge in [0.2, 0.25) is 0 Å². The number of amides is 1. The van der Waals surface area contributed by atoms with E-state index in [0.717, 1.165) is 24.3 Å². The van der Waals surface area contributed by atoms with Crippen molar-refractivity contribution in [1.82, 2.24) is 0 Å². The van der Waals surface area contributed by atoms with Gasteiger partial charge in [-0.1, -0.05) is 18.2 Å². The van der Waals surface area contributed by atoms with Gasteiger partial charge in [0, 0.05) is 17.7 Å². The summed E-state index contributed by atoms with van der Waals surface area (Å²) in [5.41, 5.74) is 0.347. The van der Waals surface area contributed by atoms with Crippen LogP contribution in [0.5, 0.6) is 5.75 Å². The van der Waals surface area contributed by atoms with E-state index < -0.39 is 29.6 Å². The second-order valence-corrected chi connectivity index (χ2v) is 5.50. The van der Waals surface area contributed by atoms with E-state index in [1.165, 1.54) is 13.0 Å². The molecule has 142 valence electrons. The lowest BCUT2D eigenvalue weighted by molar-refractivity contribution is -0.148. The summed E-state index contributed by atoms with van der Waals surface area (Å²) in [5.74, 6) is -2.43. The summed E-state index contributed by atoms with van der Waals surface area (Å²) in [7, 11) is 0. The molecule has 0 heterocycles. The van der Waals surface area contributed by atoms with E-state index >= 15 is 0 Å². The molecule has 1 atom stereocenters. The van der Waals surface area contributed by atoms with Gasteiger partial charge in [-0.25, -0.2) is 13.6 Å². The highest BCUT2D eigenvalue weighted by Crippen LogP contribution is 2.19. The monoisotopic (exact) mass is 375 g/mol. The van der Waals surface area contributed by atoms with Gasteiger partial charge in [0.25, 0.3) is 5.91 Å².